The molecule has 7 nitrogen and oxygen atoms in total. The number of nitrogens with one attached hydrogen (secondary N) is 1. The van der Waals surface area contributed by atoms with Crippen LogP contribution < -0.4 is 16.2 Å². The molecule has 26 heavy (non-hydrogen) atoms. The molecule has 0 bridgehead atoms. The van der Waals surface area contributed by atoms with Crippen LogP contribution in [-0.4, -0.2) is 47.8 Å². The summed E-state index contributed by atoms with van der Waals surface area (Å²) in [5.41, 5.74) is 11.9. The molecule has 2 heterocycles. The zero-order valence-corrected chi connectivity index (χ0v) is 17.2. The van der Waals surface area contributed by atoms with Gasteiger partial charge in [-0.1, -0.05) is 6.42 Å². The summed E-state index contributed by atoms with van der Waals surface area (Å²) in [6.45, 7) is 4.30. The van der Waals surface area contributed by atoms with E-state index in [1.165, 1.54) is 37.9 Å². The van der Waals surface area contributed by atoms with Crippen LogP contribution in [0.3, 0.4) is 0 Å². The summed E-state index contributed by atoms with van der Waals surface area (Å²) in [5, 5.41) is 7.12. The minimum absolute atomic E-state index is 0. The number of halogens is 3. The van der Waals surface area contributed by atoms with Crippen molar-refractivity contribution in [2.75, 3.05) is 26.2 Å². The van der Waals surface area contributed by atoms with E-state index in [1.807, 2.05) is 12.1 Å². The third-order valence-corrected chi connectivity index (χ3v) is 3.76. The fourth-order valence-electron chi connectivity index (χ4n) is 2.53. The lowest BCUT2D eigenvalue weighted by Crippen LogP contribution is -2.30. The molecule has 1 saturated heterocycles. The molecule has 0 saturated carbocycles. The van der Waals surface area contributed by atoms with Gasteiger partial charge in [0.15, 0.2) is 11.7 Å². The van der Waals surface area contributed by atoms with Crippen LogP contribution in [0.4, 0.5) is 0 Å². The van der Waals surface area contributed by atoms with Crippen LogP contribution in [0.25, 0.3) is 0 Å². The number of aliphatic imine (C=N–C) groups is 1. The molecular formula is C16H29Cl3N6O. The Morgan fingerprint density at radius 3 is 2.54 bits per heavy atom. The minimum Gasteiger partial charge on any atom is -0.478 e. The Kier molecular flexibility index (Phi) is 15.4. The molecule has 5 N–H and O–H groups in total. The summed E-state index contributed by atoms with van der Waals surface area (Å²) in [5.74, 6) is 0.521. The maximum absolute atomic E-state index is 7.12. The Labute approximate surface area is 173 Å². The Morgan fingerprint density at radius 2 is 1.88 bits per heavy atom. The summed E-state index contributed by atoms with van der Waals surface area (Å²) >= 11 is 0. The number of piperidine rings is 1. The highest BCUT2D eigenvalue weighted by Crippen LogP contribution is 2.15. The topological polar surface area (TPSA) is 114 Å². The SMILES string of the molecule is Cl.Cl.Cl.N=C(N)C(N)=NCCCOc1cc(CN2CCCCC2)ccn1. The molecule has 0 spiro atoms. The second kappa shape index (κ2) is 14.8. The number of ether oxygens (including phenoxy) is 1. The van der Waals surface area contributed by atoms with E-state index in [2.05, 4.69) is 14.9 Å². The van der Waals surface area contributed by atoms with Gasteiger partial charge in [0.25, 0.3) is 0 Å². The number of rotatable bonds is 7. The van der Waals surface area contributed by atoms with Crippen LogP contribution in [0.1, 0.15) is 31.2 Å². The number of amidine groups is 2. The maximum atomic E-state index is 7.12. The molecule has 1 aromatic heterocycles. The molecule has 1 fully saturated rings. The summed E-state index contributed by atoms with van der Waals surface area (Å²) in [6, 6.07) is 4.04. The van der Waals surface area contributed by atoms with Crippen LogP contribution in [-0.2, 0) is 6.54 Å². The van der Waals surface area contributed by atoms with Crippen molar-refractivity contribution in [1.82, 2.24) is 9.88 Å². The third-order valence-electron chi connectivity index (χ3n) is 3.76. The Bertz CT molecular complexity index is 553. The van der Waals surface area contributed by atoms with Gasteiger partial charge in [-0.25, -0.2) is 4.98 Å². The van der Waals surface area contributed by atoms with Crippen molar-refractivity contribution in [2.45, 2.75) is 32.2 Å². The van der Waals surface area contributed by atoms with Crippen molar-refractivity contribution in [1.29, 1.82) is 5.41 Å². The second-order valence-corrected chi connectivity index (χ2v) is 5.72. The van der Waals surface area contributed by atoms with Crippen molar-refractivity contribution >= 4 is 48.9 Å². The van der Waals surface area contributed by atoms with Crippen LogP contribution in [0.2, 0.25) is 0 Å². The van der Waals surface area contributed by atoms with Gasteiger partial charge in [0.1, 0.15) is 0 Å². The van der Waals surface area contributed by atoms with Crippen LogP contribution in [0.15, 0.2) is 23.3 Å². The first kappa shape index (κ1) is 26.9. The van der Waals surface area contributed by atoms with Gasteiger partial charge in [-0.05, 0) is 37.6 Å². The number of nitrogens with zero attached hydrogens (tertiary/aromatic N) is 3. The van der Waals surface area contributed by atoms with Crippen molar-refractivity contribution in [3.05, 3.63) is 23.9 Å². The van der Waals surface area contributed by atoms with E-state index in [0.717, 1.165) is 6.54 Å². The van der Waals surface area contributed by atoms with Gasteiger partial charge in [0.05, 0.1) is 6.61 Å². The summed E-state index contributed by atoms with van der Waals surface area (Å²) < 4.78 is 5.65. The van der Waals surface area contributed by atoms with Crippen molar-refractivity contribution in [3.63, 3.8) is 0 Å². The van der Waals surface area contributed by atoms with E-state index in [0.29, 0.717) is 25.5 Å². The zero-order chi connectivity index (χ0) is 16.5. The maximum Gasteiger partial charge on any atom is 0.213 e. The zero-order valence-electron chi connectivity index (χ0n) is 14.7. The number of hydrogen-bond acceptors (Lipinski definition) is 5. The Balaban J connectivity index is 0. The van der Waals surface area contributed by atoms with Crippen molar-refractivity contribution in [3.8, 4) is 5.88 Å². The largest absolute Gasteiger partial charge is 0.478 e. The highest BCUT2D eigenvalue weighted by atomic mass is 35.5. The van der Waals surface area contributed by atoms with Gasteiger partial charge in [-0.3, -0.25) is 15.3 Å². The van der Waals surface area contributed by atoms with E-state index in [4.69, 9.17) is 21.6 Å². The van der Waals surface area contributed by atoms with E-state index in [1.54, 1.807) is 6.20 Å². The van der Waals surface area contributed by atoms with E-state index in [9.17, 15) is 0 Å². The van der Waals surface area contributed by atoms with Crippen LogP contribution >= 0.6 is 37.2 Å². The molecule has 0 unspecified atom stereocenters. The monoisotopic (exact) mass is 426 g/mol. The van der Waals surface area contributed by atoms with Gasteiger partial charge < -0.3 is 16.2 Å². The van der Waals surface area contributed by atoms with Gasteiger partial charge in [0, 0.05) is 31.8 Å². The van der Waals surface area contributed by atoms with Crippen molar-refractivity contribution < 1.29 is 4.74 Å². The van der Waals surface area contributed by atoms with E-state index in [-0.39, 0.29) is 48.9 Å². The second-order valence-electron chi connectivity index (χ2n) is 5.72. The van der Waals surface area contributed by atoms with Gasteiger partial charge >= 0.3 is 0 Å². The molecular weight excluding hydrogens is 399 g/mol. The lowest BCUT2D eigenvalue weighted by Gasteiger charge is -2.26. The number of nitrogens with two attached hydrogens (primary N) is 2. The number of pyridine rings is 1. The predicted molar refractivity (Wildman–Crippen MR) is 114 cm³/mol. The number of hydrogen-bond donors (Lipinski definition) is 3. The van der Waals surface area contributed by atoms with Gasteiger partial charge in [-0.15, -0.1) is 37.2 Å². The molecule has 0 radical (unpaired) electrons. The number of aromatic nitrogens is 1. The first-order valence-corrected chi connectivity index (χ1v) is 8.09. The van der Waals surface area contributed by atoms with E-state index < -0.39 is 0 Å². The smallest absolute Gasteiger partial charge is 0.213 e. The normalized spacial score (nSPS) is 14.4. The van der Waals surface area contributed by atoms with Crippen LogP contribution in [0.5, 0.6) is 5.88 Å². The molecule has 2 rings (SSSR count). The molecule has 1 aliphatic rings. The first-order chi connectivity index (χ1) is 11.1. The fourth-order valence-corrected chi connectivity index (χ4v) is 2.53. The average molecular weight is 428 g/mol. The van der Waals surface area contributed by atoms with E-state index >= 15 is 0 Å². The fraction of sp³-hybridized carbons (Fsp3) is 0.562. The van der Waals surface area contributed by atoms with Crippen LogP contribution in [0, 0.1) is 5.41 Å². The Hall–Kier alpha value is -1.28. The Morgan fingerprint density at radius 1 is 1.19 bits per heavy atom. The molecule has 150 valence electrons. The minimum atomic E-state index is -0.196. The van der Waals surface area contributed by atoms with Crippen molar-refractivity contribution in [2.24, 2.45) is 16.5 Å². The number of likely N-dealkylation sites (tertiary alicyclic amines) is 1. The molecule has 0 aliphatic carbocycles. The molecule has 0 amide bonds. The molecule has 0 atom stereocenters. The molecule has 0 aromatic carbocycles. The first-order valence-electron chi connectivity index (χ1n) is 8.09. The third kappa shape index (κ3) is 10.0. The quantitative estimate of drug-likeness (QED) is 0.351. The molecule has 1 aromatic rings. The average Bonchev–Trinajstić information content (AvgIpc) is 2.55. The summed E-state index contributed by atoms with van der Waals surface area (Å²) in [7, 11) is 0. The summed E-state index contributed by atoms with van der Waals surface area (Å²) in [4.78, 5) is 10.7. The predicted octanol–water partition coefficient (Wildman–Crippen LogP) is 2.39. The lowest BCUT2D eigenvalue weighted by molar-refractivity contribution is 0.220. The standard InChI is InChI=1S/C16H26N6O.3ClH/c17-15(18)16(19)21-6-4-10-23-14-11-13(5-7-20-14)12-22-8-2-1-3-9-22;;;/h5,7,11H,1-4,6,8-10,12H2,(H3,17,18)(H2,19,21);3*1H. The lowest BCUT2D eigenvalue weighted by atomic mass is 10.1. The molecule has 10 heteroatoms. The van der Waals surface area contributed by atoms with Gasteiger partial charge in [-0.2, -0.15) is 0 Å². The highest BCUT2D eigenvalue weighted by Gasteiger charge is 2.10. The van der Waals surface area contributed by atoms with Gasteiger partial charge in [0.2, 0.25) is 5.88 Å². The summed E-state index contributed by atoms with van der Waals surface area (Å²) in [6.07, 6.45) is 6.42. The molecule has 1 aliphatic heterocycles. The highest BCUT2D eigenvalue weighted by molar-refractivity contribution is 6.37.